The van der Waals surface area contributed by atoms with Crippen LogP contribution >= 0.6 is 23.5 Å². The van der Waals surface area contributed by atoms with Crippen LogP contribution < -0.4 is 4.90 Å². The summed E-state index contributed by atoms with van der Waals surface area (Å²) in [6.45, 7) is 2.96. The molecule has 5 nitrogen and oxygen atoms in total. The number of carbonyl (C=O) groups is 1. The van der Waals surface area contributed by atoms with E-state index in [0.29, 0.717) is 0 Å². The third-order valence-corrected chi connectivity index (χ3v) is 9.06. The minimum Gasteiger partial charge on any atom is -0.334 e. The van der Waals surface area contributed by atoms with E-state index in [4.69, 9.17) is 4.99 Å². The zero-order valence-corrected chi connectivity index (χ0v) is 20.7. The van der Waals surface area contributed by atoms with Gasteiger partial charge in [-0.1, -0.05) is 49.2 Å². The third-order valence-electron chi connectivity index (χ3n) is 6.71. The highest BCUT2D eigenvalue weighted by molar-refractivity contribution is 8.19. The molecule has 0 atom stereocenters. The van der Waals surface area contributed by atoms with Crippen molar-refractivity contribution in [1.29, 1.82) is 0 Å². The highest BCUT2D eigenvalue weighted by Gasteiger charge is 2.42. The monoisotopic (exact) mass is 486 g/mol. The number of carbonyl (C=O) groups excluding carboxylic acids is 1. The number of thioether (sulfide) groups is 2. The van der Waals surface area contributed by atoms with Crippen molar-refractivity contribution in [2.75, 3.05) is 11.4 Å². The number of anilines is 1. The Kier molecular flexibility index (Phi) is 5.83. The quantitative estimate of drug-likeness (QED) is 0.376. The Morgan fingerprint density at radius 1 is 1.00 bits per heavy atom. The molecule has 1 aromatic heterocycles. The molecule has 3 heterocycles. The number of nitrogens with zero attached hydrogens (tertiary/aromatic N) is 4. The Labute approximate surface area is 208 Å². The number of para-hydroxylation sites is 1. The smallest absolute Gasteiger partial charge is 0.269 e. The van der Waals surface area contributed by atoms with E-state index in [1.807, 2.05) is 29.2 Å². The number of hydrogen-bond donors (Lipinski definition) is 0. The fourth-order valence-corrected chi connectivity index (χ4v) is 7.50. The second-order valence-corrected chi connectivity index (χ2v) is 10.8. The maximum Gasteiger partial charge on any atom is 0.269 e. The molecule has 3 aromatic rings. The van der Waals surface area contributed by atoms with E-state index >= 15 is 0 Å². The maximum atomic E-state index is 14.0. The minimum absolute atomic E-state index is 0.0998. The molecule has 0 unspecified atom stereocenters. The standard InChI is InChI=1S/C27H26N4OS2/c1-2-30-22-15-6-7-16-23(22)33-26(30)24-25(32)31(18-10-4-3-5-11-18)27(34-24)29-21-14-8-13-20-19(21)12-9-17-28-20/h6-9,12-18H,2-5,10-11H2,1H3/b26-24-,29-27?. The van der Waals surface area contributed by atoms with E-state index in [-0.39, 0.29) is 11.9 Å². The number of amidine groups is 1. The minimum atomic E-state index is 0.0998. The Bertz CT molecular complexity index is 1320. The van der Waals surface area contributed by atoms with Crippen molar-refractivity contribution in [1.82, 2.24) is 9.88 Å². The van der Waals surface area contributed by atoms with Crippen molar-refractivity contribution in [3.8, 4) is 0 Å². The summed E-state index contributed by atoms with van der Waals surface area (Å²) in [6, 6.07) is 18.6. The van der Waals surface area contributed by atoms with E-state index < -0.39 is 0 Å². The van der Waals surface area contributed by atoms with E-state index in [2.05, 4.69) is 47.1 Å². The summed E-state index contributed by atoms with van der Waals surface area (Å²) in [6.07, 6.45) is 7.45. The predicted molar refractivity (Wildman–Crippen MR) is 142 cm³/mol. The average molecular weight is 487 g/mol. The fraction of sp³-hybridized carbons (Fsp3) is 0.296. The van der Waals surface area contributed by atoms with Gasteiger partial charge in [-0.15, -0.1) is 0 Å². The van der Waals surface area contributed by atoms with Crippen molar-refractivity contribution >= 4 is 56.9 Å². The van der Waals surface area contributed by atoms with Crippen LogP contribution in [0.5, 0.6) is 0 Å². The molecule has 0 bridgehead atoms. The lowest BCUT2D eigenvalue weighted by molar-refractivity contribution is -0.124. The topological polar surface area (TPSA) is 48.8 Å². The summed E-state index contributed by atoms with van der Waals surface area (Å²) in [5.41, 5.74) is 2.96. The van der Waals surface area contributed by atoms with Crippen LogP contribution in [-0.4, -0.2) is 33.5 Å². The summed E-state index contributed by atoms with van der Waals surface area (Å²) in [5.74, 6) is 0.0998. The zero-order valence-electron chi connectivity index (χ0n) is 19.1. The second kappa shape index (κ2) is 9.12. The number of amides is 1. The van der Waals surface area contributed by atoms with Gasteiger partial charge in [0.25, 0.3) is 5.91 Å². The van der Waals surface area contributed by atoms with Gasteiger partial charge in [0.15, 0.2) is 5.17 Å². The Morgan fingerprint density at radius 2 is 1.85 bits per heavy atom. The summed E-state index contributed by atoms with van der Waals surface area (Å²) < 4.78 is 0. The first-order valence-electron chi connectivity index (χ1n) is 12.0. The molecule has 3 aliphatic rings. The largest absolute Gasteiger partial charge is 0.334 e. The second-order valence-electron chi connectivity index (χ2n) is 8.76. The van der Waals surface area contributed by atoms with E-state index in [1.54, 1.807) is 18.0 Å². The third kappa shape index (κ3) is 3.71. The molecular weight excluding hydrogens is 460 g/mol. The van der Waals surface area contributed by atoms with Gasteiger partial charge in [0.05, 0.1) is 16.9 Å². The van der Waals surface area contributed by atoms with Crippen LogP contribution in [0, 0.1) is 0 Å². The number of aromatic nitrogens is 1. The van der Waals surface area contributed by atoms with Gasteiger partial charge in [-0.3, -0.25) is 14.7 Å². The van der Waals surface area contributed by atoms with Gasteiger partial charge >= 0.3 is 0 Å². The van der Waals surface area contributed by atoms with Gasteiger partial charge < -0.3 is 4.90 Å². The van der Waals surface area contributed by atoms with Gasteiger partial charge in [-0.05, 0) is 67.9 Å². The molecule has 6 rings (SSSR count). The lowest BCUT2D eigenvalue weighted by Crippen LogP contribution is -2.40. The average Bonchev–Trinajstić information content (AvgIpc) is 3.41. The molecule has 0 N–H and O–H groups in total. The van der Waals surface area contributed by atoms with Crippen LogP contribution in [0.2, 0.25) is 0 Å². The number of fused-ring (bicyclic) bond motifs is 2. The molecule has 2 fully saturated rings. The molecule has 172 valence electrons. The van der Waals surface area contributed by atoms with E-state index in [1.165, 1.54) is 28.8 Å². The zero-order chi connectivity index (χ0) is 23.1. The molecule has 1 aliphatic carbocycles. The lowest BCUT2D eigenvalue weighted by Gasteiger charge is -2.30. The molecule has 2 aliphatic heterocycles. The molecule has 1 saturated heterocycles. The van der Waals surface area contributed by atoms with Crippen molar-refractivity contribution in [3.05, 3.63) is 70.7 Å². The first kappa shape index (κ1) is 21.7. The summed E-state index contributed by atoms with van der Waals surface area (Å²) >= 11 is 3.24. The normalized spacial score (nSPS) is 22.3. The first-order chi connectivity index (χ1) is 16.7. The SMILES string of the molecule is CCN1/C(=C2/SC(=Nc3cccc4ncccc34)N(C3CCCCC3)C2=O)Sc2ccccc21. The molecule has 34 heavy (non-hydrogen) atoms. The van der Waals surface area contributed by atoms with Crippen LogP contribution in [-0.2, 0) is 4.79 Å². The van der Waals surface area contributed by atoms with Crippen LogP contribution in [0.3, 0.4) is 0 Å². The maximum absolute atomic E-state index is 14.0. The van der Waals surface area contributed by atoms with Crippen molar-refractivity contribution in [2.45, 2.75) is 50.0 Å². The Balaban J connectivity index is 1.46. The summed E-state index contributed by atoms with van der Waals surface area (Å²) in [7, 11) is 0. The number of benzene rings is 2. The van der Waals surface area contributed by atoms with Gasteiger partial charge in [0.1, 0.15) is 9.93 Å². The van der Waals surface area contributed by atoms with Crippen molar-refractivity contribution in [3.63, 3.8) is 0 Å². The number of rotatable bonds is 3. The van der Waals surface area contributed by atoms with E-state index in [0.717, 1.165) is 63.9 Å². The molecule has 1 amide bonds. The first-order valence-corrected chi connectivity index (χ1v) is 13.6. The van der Waals surface area contributed by atoms with Crippen LogP contribution in [0.4, 0.5) is 11.4 Å². The van der Waals surface area contributed by atoms with Gasteiger partial charge in [0.2, 0.25) is 0 Å². The van der Waals surface area contributed by atoms with Gasteiger partial charge in [0, 0.05) is 29.1 Å². The Hall–Kier alpha value is -2.77. The van der Waals surface area contributed by atoms with Crippen LogP contribution in [0.25, 0.3) is 10.9 Å². The molecule has 7 heteroatoms. The number of pyridine rings is 1. The molecule has 0 radical (unpaired) electrons. The van der Waals surface area contributed by atoms with Crippen LogP contribution in [0.1, 0.15) is 39.0 Å². The number of aliphatic imine (C=N–C) groups is 1. The summed E-state index contributed by atoms with van der Waals surface area (Å²) in [4.78, 5) is 29.8. The van der Waals surface area contributed by atoms with Crippen molar-refractivity contribution < 1.29 is 4.79 Å². The predicted octanol–water partition coefficient (Wildman–Crippen LogP) is 6.93. The molecule has 1 saturated carbocycles. The van der Waals surface area contributed by atoms with Crippen LogP contribution in [0.15, 0.2) is 80.6 Å². The van der Waals surface area contributed by atoms with E-state index in [9.17, 15) is 4.79 Å². The van der Waals surface area contributed by atoms with Gasteiger partial charge in [-0.2, -0.15) is 0 Å². The number of hydrogen-bond acceptors (Lipinski definition) is 6. The lowest BCUT2D eigenvalue weighted by atomic mass is 9.94. The molecular formula is C27H26N4OS2. The highest BCUT2D eigenvalue weighted by atomic mass is 32.2. The fourth-order valence-electron chi connectivity index (χ4n) is 5.06. The molecule has 2 aromatic carbocycles. The Morgan fingerprint density at radius 3 is 2.71 bits per heavy atom. The van der Waals surface area contributed by atoms with Gasteiger partial charge in [-0.25, -0.2) is 4.99 Å². The van der Waals surface area contributed by atoms with Crippen molar-refractivity contribution in [2.24, 2.45) is 4.99 Å². The molecule has 0 spiro atoms. The summed E-state index contributed by atoms with van der Waals surface area (Å²) in [5, 5.41) is 2.83. The highest BCUT2D eigenvalue weighted by Crippen LogP contribution is 2.51.